The summed E-state index contributed by atoms with van der Waals surface area (Å²) in [5.74, 6) is 5.66. The summed E-state index contributed by atoms with van der Waals surface area (Å²) in [6.45, 7) is 3.83. The Hall–Kier alpha value is -1.83. The second-order valence-electron chi connectivity index (χ2n) is 4.27. The lowest BCUT2D eigenvalue weighted by atomic mass is 10.2. The van der Waals surface area contributed by atoms with Gasteiger partial charge in [-0.1, -0.05) is 24.0 Å². The van der Waals surface area contributed by atoms with Crippen LogP contribution >= 0.6 is 11.3 Å². The Morgan fingerprint density at radius 2 is 2.15 bits per heavy atom. The first kappa shape index (κ1) is 14.6. The van der Waals surface area contributed by atoms with Gasteiger partial charge in [0.1, 0.15) is 5.82 Å². The van der Waals surface area contributed by atoms with Gasteiger partial charge in [-0.3, -0.25) is 0 Å². The third-order valence-electron chi connectivity index (χ3n) is 2.91. The first-order valence-corrected chi connectivity index (χ1v) is 7.38. The lowest BCUT2D eigenvalue weighted by Gasteiger charge is -2.22. The second kappa shape index (κ2) is 7.09. The fourth-order valence-corrected chi connectivity index (χ4v) is 2.78. The summed E-state index contributed by atoms with van der Waals surface area (Å²) in [5.41, 5.74) is 6.97. The second-order valence-corrected chi connectivity index (χ2v) is 5.27. The van der Waals surface area contributed by atoms with Crippen LogP contribution < -0.4 is 10.6 Å². The van der Waals surface area contributed by atoms with Gasteiger partial charge in [-0.05, 0) is 25.1 Å². The zero-order chi connectivity index (χ0) is 14.4. The molecule has 0 amide bonds. The smallest absolute Gasteiger partial charge is 0.146 e. The molecule has 104 valence electrons. The Kier molecular flexibility index (Phi) is 5.16. The van der Waals surface area contributed by atoms with Gasteiger partial charge in [0.15, 0.2) is 0 Å². The van der Waals surface area contributed by atoms with Crippen LogP contribution in [-0.4, -0.2) is 13.1 Å². The van der Waals surface area contributed by atoms with Gasteiger partial charge in [-0.25, -0.2) is 4.39 Å². The highest BCUT2D eigenvalue weighted by atomic mass is 32.1. The minimum absolute atomic E-state index is 0.186. The Morgan fingerprint density at radius 3 is 2.85 bits per heavy atom. The third kappa shape index (κ3) is 3.60. The minimum Gasteiger partial charge on any atom is -0.364 e. The minimum atomic E-state index is -0.186. The van der Waals surface area contributed by atoms with E-state index >= 15 is 0 Å². The van der Waals surface area contributed by atoms with Gasteiger partial charge >= 0.3 is 0 Å². The summed E-state index contributed by atoms with van der Waals surface area (Å²) in [6, 6.07) is 8.90. The first-order chi connectivity index (χ1) is 9.74. The molecular weight excluding hydrogens is 271 g/mol. The van der Waals surface area contributed by atoms with Crippen LogP contribution in [-0.2, 0) is 6.54 Å². The molecule has 0 atom stereocenters. The number of nitrogens with two attached hydrogens (primary N) is 1. The van der Waals surface area contributed by atoms with Crippen LogP contribution in [0.5, 0.6) is 0 Å². The SMILES string of the molecule is CCN(Cc1cc(C#CCN)cs1)c1ccccc1F. The number of benzene rings is 1. The van der Waals surface area contributed by atoms with E-state index in [2.05, 4.69) is 11.8 Å². The van der Waals surface area contributed by atoms with E-state index in [1.54, 1.807) is 17.4 Å². The van der Waals surface area contributed by atoms with Crippen molar-refractivity contribution >= 4 is 17.0 Å². The van der Waals surface area contributed by atoms with Crippen molar-refractivity contribution in [2.45, 2.75) is 13.5 Å². The van der Waals surface area contributed by atoms with Crippen molar-refractivity contribution in [2.75, 3.05) is 18.0 Å². The summed E-state index contributed by atoms with van der Waals surface area (Å²) in [4.78, 5) is 3.18. The number of thiophene rings is 1. The van der Waals surface area contributed by atoms with Crippen molar-refractivity contribution in [3.8, 4) is 11.8 Å². The first-order valence-electron chi connectivity index (χ1n) is 6.50. The van der Waals surface area contributed by atoms with E-state index in [0.717, 1.165) is 17.0 Å². The molecule has 1 aromatic heterocycles. The standard InChI is InChI=1S/C16H17FN2S/c1-2-19(16-8-4-3-7-15(16)17)11-14-10-13(12-20-14)6-5-9-18/h3-4,7-8,10,12H,2,9,11,18H2,1H3. The van der Waals surface area contributed by atoms with Crippen molar-refractivity contribution in [3.63, 3.8) is 0 Å². The van der Waals surface area contributed by atoms with Gasteiger partial charge in [-0.15, -0.1) is 11.3 Å². The van der Waals surface area contributed by atoms with Crippen LogP contribution in [0.15, 0.2) is 35.7 Å². The van der Waals surface area contributed by atoms with Crippen LogP contribution in [0, 0.1) is 17.7 Å². The van der Waals surface area contributed by atoms with E-state index < -0.39 is 0 Å². The van der Waals surface area contributed by atoms with Crippen molar-refractivity contribution in [1.82, 2.24) is 0 Å². The molecule has 2 aromatic rings. The number of halogens is 1. The van der Waals surface area contributed by atoms with Gasteiger partial charge in [0, 0.05) is 22.4 Å². The lowest BCUT2D eigenvalue weighted by Crippen LogP contribution is -2.22. The normalized spacial score (nSPS) is 9.95. The van der Waals surface area contributed by atoms with E-state index in [1.165, 1.54) is 6.07 Å². The molecule has 1 aromatic carbocycles. The lowest BCUT2D eigenvalue weighted by molar-refractivity contribution is 0.618. The third-order valence-corrected chi connectivity index (χ3v) is 3.83. The van der Waals surface area contributed by atoms with Crippen LogP contribution in [0.2, 0.25) is 0 Å². The maximum Gasteiger partial charge on any atom is 0.146 e. The molecule has 0 saturated heterocycles. The van der Waals surface area contributed by atoms with Crippen LogP contribution in [0.4, 0.5) is 10.1 Å². The van der Waals surface area contributed by atoms with Crippen molar-refractivity contribution in [1.29, 1.82) is 0 Å². The van der Waals surface area contributed by atoms with E-state index in [9.17, 15) is 4.39 Å². The highest BCUT2D eigenvalue weighted by Crippen LogP contribution is 2.23. The number of nitrogens with zero attached hydrogens (tertiary/aromatic N) is 1. The molecule has 1 heterocycles. The van der Waals surface area contributed by atoms with Gasteiger partial charge in [-0.2, -0.15) is 0 Å². The molecular formula is C16H17FN2S. The summed E-state index contributed by atoms with van der Waals surface area (Å²) in [5, 5.41) is 2.01. The van der Waals surface area contributed by atoms with Gasteiger partial charge < -0.3 is 10.6 Å². The highest BCUT2D eigenvalue weighted by Gasteiger charge is 2.10. The van der Waals surface area contributed by atoms with E-state index in [-0.39, 0.29) is 5.82 Å². The van der Waals surface area contributed by atoms with Crippen LogP contribution in [0.25, 0.3) is 0 Å². The average Bonchev–Trinajstić information content (AvgIpc) is 2.91. The molecule has 20 heavy (non-hydrogen) atoms. The largest absolute Gasteiger partial charge is 0.364 e. The fraction of sp³-hybridized carbons (Fsp3) is 0.250. The molecule has 2 rings (SSSR count). The monoisotopic (exact) mass is 288 g/mol. The Labute approximate surface area is 123 Å². The molecule has 0 aliphatic carbocycles. The number of hydrogen-bond donors (Lipinski definition) is 1. The molecule has 0 bridgehead atoms. The summed E-state index contributed by atoms with van der Waals surface area (Å²) in [6.07, 6.45) is 0. The zero-order valence-electron chi connectivity index (χ0n) is 11.4. The predicted octanol–water partition coefficient (Wildman–Crippen LogP) is 3.22. The fourth-order valence-electron chi connectivity index (χ4n) is 1.95. The molecule has 0 radical (unpaired) electrons. The molecule has 2 N–H and O–H groups in total. The van der Waals surface area contributed by atoms with E-state index in [1.807, 2.05) is 35.4 Å². The van der Waals surface area contributed by atoms with E-state index in [4.69, 9.17) is 5.73 Å². The van der Waals surface area contributed by atoms with E-state index in [0.29, 0.717) is 18.8 Å². The molecule has 0 saturated carbocycles. The molecule has 2 nitrogen and oxygen atoms in total. The molecule has 0 unspecified atom stereocenters. The molecule has 4 heteroatoms. The van der Waals surface area contributed by atoms with Crippen molar-refractivity contribution < 1.29 is 4.39 Å². The summed E-state index contributed by atoms with van der Waals surface area (Å²) < 4.78 is 13.8. The van der Waals surface area contributed by atoms with Crippen LogP contribution in [0.1, 0.15) is 17.4 Å². The maximum absolute atomic E-state index is 13.8. The van der Waals surface area contributed by atoms with Crippen molar-refractivity contribution in [2.24, 2.45) is 5.73 Å². The van der Waals surface area contributed by atoms with Crippen LogP contribution in [0.3, 0.4) is 0 Å². The number of hydrogen-bond acceptors (Lipinski definition) is 3. The van der Waals surface area contributed by atoms with Gasteiger partial charge in [0.2, 0.25) is 0 Å². The quantitative estimate of drug-likeness (QED) is 0.875. The molecule has 0 spiro atoms. The van der Waals surface area contributed by atoms with Gasteiger partial charge in [0.25, 0.3) is 0 Å². The molecule has 0 aliphatic rings. The number of rotatable bonds is 4. The molecule has 0 aliphatic heterocycles. The van der Waals surface area contributed by atoms with Crippen molar-refractivity contribution in [3.05, 3.63) is 52.0 Å². The molecule has 0 fully saturated rings. The zero-order valence-corrected chi connectivity index (χ0v) is 12.2. The maximum atomic E-state index is 13.8. The highest BCUT2D eigenvalue weighted by molar-refractivity contribution is 7.10. The number of anilines is 1. The average molecular weight is 288 g/mol. The Bertz CT molecular complexity index is 625. The predicted molar refractivity (Wildman–Crippen MR) is 83.4 cm³/mol. The van der Waals surface area contributed by atoms with Gasteiger partial charge in [0.05, 0.1) is 18.8 Å². The number of para-hydroxylation sites is 1. The topological polar surface area (TPSA) is 29.3 Å². The summed E-state index contributed by atoms with van der Waals surface area (Å²) in [7, 11) is 0. The Morgan fingerprint density at radius 1 is 1.35 bits per heavy atom. The Balaban J connectivity index is 2.14. The summed E-state index contributed by atoms with van der Waals surface area (Å²) >= 11 is 1.64.